The van der Waals surface area contributed by atoms with Crippen LogP contribution in [-0.4, -0.2) is 59.3 Å². The summed E-state index contributed by atoms with van der Waals surface area (Å²) in [4.78, 5) is 25.5. The van der Waals surface area contributed by atoms with Crippen LogP contribution in [-0.2, 0) is 19.1 Å². The fourth-order valence-corrected chi connectivity index (χ4v) is 3.65. The van der Waals surface area contributed by atoms with E-state index in [1.165, 1.54) is 32.1 Å². The molecule has 6 heteroatoms. The van der Waals surface area contributed by atoms with Gasteiger partial charge in [-0.3, -0.25) is 14.5 Å². The van der Waals surface area contributed by atoms with Gasteiger partial charge in [-0.2, -0.15) is 0 Å². The summed E-state index contributed by atoms with van der Waals surface area (Å²) in [6, 6.07) is 1.35. The highest BCUT2D eigenvalue weighted by molar-refractivity contribution is 5.72. The first-order valence-corrected chi connectivity index (χ1v) is 12.6. The number of carbonyl (C=O) groups is 2. The predicted octanol–water partition coefficient (Wildman–Crippen LogP) is 5.48. The van der Waals surface area contributed by atoms with Gasteiger partial charge in [0, 0.05) is 18.1 Å². The van der Waals surface area contributed by atoms with Gasteiger partial charge in [0.1, 0.15) is 11.2 Å². The van der Waals surface area contributed by atoms with Gasteiger partial charge in [-0.05, 0) is 81.1 Å². The van der Waals surface area contributed by atoms with Crippen LogP contribution in [0.5, 0.6) is 0 Å². The van der Waals surface area contributed by atoms with Crippen LogP contribution in [0.2, 0.25) is 0 Å². The fourth-order valence-electron chi connectivity index (χ4n) is 3.65. The second-order valence-corrected chi connectivity index (χ2v) is 11.1. The van der Waals surface area contributed by atoms with E-state index in [9.17, 15) is 9.59 Å². The van der Waals surface area contributed by atoms with Crippen LogP contribution < -0.4 is 5.32 Å². The number of nitrogens with zero attached hydrogens (tertiary/aromatic N) is 1. The molecular formula is C26H52N2O4. The molecule has 0 aliphatic heterocycles. The highest BCUT2D eigenvalue weighted by atomic mass is 16.6. The van der Waals surface area contributed by atoms with Crippen molar-refractivity contribution in [3.05, 3.63) is 0 Å². The zero-order valence-corrected chi connectivity index (χ0v) is 22.7. The lowest BCUT2D eigenvalue weighted by molar-refractivity contribution is -0.157. The molecule has 1 aliphatic carbocycles. The molecule has 2 unspecified atom stereocenters. The summed E-state index contributed by atoms with van der Waals surface area (Å²) in [7, 11) is 0. The van der Waals surface area contributed by atoms with Gasteiger partial charge in [-0.25, -0.2) is 0 Å². The van der Waals surface area contributed by atoms with Crippen molar-refractivity contribution in [3.8, 4) is 0 Å². The molecule has 0 amide bonds. The van der Waals surface area contributed by atoms with Gasteiger partial charge in [0.25, 0.3) is 0 Å². The van der Waals surface area contributed by atoms with E-state index in [0.29, 0.717) is 31.2 Å². The Balaban J connectivity index is 0.000000604. The smallest absolute Gasteiger partial charge is 0.320 e. The van der Waals surface area contributed by atoms with E-state index >= 15 is 0 Å². The van der Waals surface area contributed by atoms with Gasteiger partial charge in [0.2, 0.25) is 0 Å². The molecule has 2 atom stereocenters. The predicted molar refractivity (Wildman–Crippen MR) is 133 cm³/mol. The first kappa shape index (κ1) is 30.9. The number of hydrogen-bond donors (Lipinski definition) is 1. The van der Waals surface area contributed by atoms with E-state index in [1.54, 1.807) is 0 Å². The van der Waals surface area contributed by atoms with Gasteiger partial charge < -0.3 is 14.8 Å². The molecule has 1 fully saturated rings. The maximum Gasteiger partial charge on any atom is 0.320 e. The molecular weight excluding hydrogens is 404 g/mol. The first-order chi connectivity index (χ1) is 14.7. The van der Waals surface area contributed by atoms with Crippen molar-refractivity contribution in [1.82, 2.24) is 10.2 Å². The normalized spacial score (nSPS) is 17.2. The minimum atomic E-state index is -0.395. The lowest BCUT2D eigenvalue weighted by Crippen LogP contribution is -2.44. The van der Waals surface area contributed by atoms with E-state index in [1.807, 2.05) is 41.5 Å². The Hall–Kier alpha value is -1.14. The number of carbonyl (C=O) groups excluding carboxylic acids is 2. The Morgan fingerprint density at radius 2 is 1.28 bits per heavy atom. The highest BCUT2D eigenvalue weighted by Gasteiger charge is 2.24. The lowest BCUT2D eigenvalue weighted by atomic mass is 9.95. The van der Waals surface area contributed by atoms with E-state index in [-0.39, 0.29) is 17.5 Å². The third kappa shape index (κ3) is 15.6. The summed E-state index contributed by atoms with van der Waals surface area (Å²) in [5.41, 5.74) is -0.765. The maximum atomic E-state index is 11.8. The molecule has 1 rings (SSSR count). The summed E-state index contributed by atoms with van der Waals surface area (Å²) in [5, 5.41) is 3.27. The van der Waals surface area contributed by atoms with E-state index < -0.39 is 5.60 Å². The SMILES string of the molecule is CC(C)(C)OC(=O)CNC1CCCCC1.CCC(C)N(CC(=O)OC(C)(C)C)C(C)CC. The van der Waals surface area contributed by atoms with Crippen molar-refractivity contribution in [2.45, 2.75) is 144 Å². The van der Waals surface area contributed by atoms with Crippen molar-refractivity contribution in [1.29, 1.82) is 0 Å². The minimum Gasteiger partial charge on any atom is -0.459 e. The van der Waals surface area contributed by atoms with Crippen molar-refractivity contribution < 1.29 is 19.1 Å². The Morgan fingerprint density at radius 3 is 1.69 bits per heavy atom. The van der Waals surface area contributed by atoms with Crippen molar-refractivity contribution in [2.75, 3.05) is 13.1 Å². The number of rotatable bonds is 9. The molecule has 1 aliphatic rings. The van der Waals surface area contributed by atoms with Gasteiger partial charge in [0.05, 0.1) is 13.1 Å². The Labute approximate surface area is 198 Å². The average Bonchev–Trinajstić information content (AvgIpc) is 2.68. The molecule has 190 valence electrons. The zero-order valence-electron chi connectivity index (χ0n) is 22.7. The molecule has 1 N–H and O–H groups in total. The number of ether oxygens (including phenoxy) is 2. The summed E-state index contributed by atoms with van der Waals surface area (Å²) in [6.07, 6.45) is 8.40. The van der Waals surface area contributed by atoms with Crippen LogP contribution >= 0.6 is 0 Å². The maximum absolute atomic E-state index is 11.8. The first-order valence-electron chi connectivity index (χ1n) is 12.6. The monoisotopic (exact) mass is 456 g/mol. The zero-order chi connectivity index (χ0) is 24.9. The third-order valence-electron chi connectivity index (χ3n) is 5.61. The Bertz CT molecular complexity index is 521. The molecule has 0 saturated heterocycles. The van der Waals surface area contributed by atoms with Crippen LogP contribution in [0.3, 0.4) is 0 Å². The van der Waals surface area contributed by atoms with Gasteiger partial charge in [-0.1, -0.05) is 33.1 Å². The highest BCUT2D eigenvalue weighted by Crippen LogP contribution is 2.17. The van der Waals surface area contributed by atoms with Crippen LogP contribution in [0, 0.1) is 0 Å². The average molecular weight is 457 g/mol. The van der Waals surface area contributed by atoms with Crippen LogP contribution in [0.15, 0.2) is 0 Å². The van der Waals surface area contributed by atoms with Crippen LogP contribution in [0.25, 0.3) is 0 Å². The summed E-state index contributed by atoms with van der Waals surface area (Å²) >= 11 is 0. The molecule has 6 nitrogen and oxygen atoms in total. The summed E-state index contributed by atoms with van der Waals surface area (Å²) < 4.78 is 10.6. The van der Waals surface area contributed by atoms with Crippen molar-refractivity contribution in [3.63, 3.8) is 0 Å². The van der Waals surface area contributed by atoms with E-state index in [2.05, 4.69) is 37.9 Å². The molecule has 0 heterocycles. The molecule has 1 saturated carbocycles. The van der Waals surface area contributed by atoms with Crippen molar-refractivity contribution >= 4 is 11.9 Å². The number of hydrogen-bond acceptors (Lipinski definition) is 6. The summed E-state index contributed by atoms with van der Waals surface area (Å²) in [5.74, 6) is -0.272. The van der Waals surface area contributed by atoms with E-state index in [4.69, 9.17) is 9.47 Å². The standard InChI is InChI=1S/C14H29NO2.C12H23NO2/c1-8-11(3)15(12(4)9-2)10-13(16)17-14(5,6)7;1-12(2,3)15-11(14)9-13-10-7-5-4-6-8-10/h11-12H,8-10H2,1-7H3;10,13H,4-9H2,1-3H3. The van der Waals surface area contributed by atoms with E-state index in [0.717, 1.165) is 12.8 Å². The number of esters is 2. The van der Waals surface area contributed by atoms with Crippen LogP contribution in [0.1, 0.15) is 114 Å². The molecule has 32 heavy (non-hydrogen) atoms. The lowest BCUT2D eigenvalue weighted by Gasteiger charge is -2.33. The topological polar surface area (TPSA) is 67.9 Å². The Morgan fingerprint density at radius 1 is 0.844 bits per heavy atom. The third-order valence-corrected chi connectivity index (χ3v) is 5.61. The second-order valence-electron chi connectivity index (χ2n) is 11.1. The molecule has 0 aromatic heterocycles. The number of nitrogens with one attached hydrogen (secondary N) is 1. The molecule has 0 aromatic carbocycles. The molecule has 0 bridgehead atoms. The second kappa shape index (κ2) is 14.9. The van der Waals surface area contributed by atoms with Crippen molar-refractivity contribution in [2.24, 2.45) is 0 Å². The van der Waals surface area contributed by atoms with Gasteiger partial charge in [-0.15, -0.1) is 0 Å². The van der Waals surface area contributed by atoms with Gasteiger partial charge in [0.15, 0.2) is 0 Å². The Kier molecular flexibility index (Phi) is 14.4. The molecule has 0 aromatic rings. The molecule has 0 spiro atoms. The largest absolute Gasteiger partial charge is 0.459 e. The summed E-state index contributed by atoms with van der Waals surface area (Å²) in [6.45, 7) is 20.8. The minimum absolute atomic E-state index is 0.127. The quantitative estimate of drug-likeness (QED) is 0.464. The fraction of sp³-hybridized carbons (Fsp3) is 0.923. The molecule has 0 radical (unpaired) electrons. The van der Waals surface area contributed by atoms with Crippen LogP contribution in [0.4, 0.5) is 0 Å². The van der Waals surface area contributed by atoms with Gasteiger partial charge >= 0.3 is 11.9 Å².